The number of aliphatic hydroxyl groups excluding tert-OH is 1. The molecule has 29 heavy (non-hydrogen) atoms. The number of ketones is 1. The summed E-state index contributed by atoms with van der Waals surface area (Å²) in [6.45, 7) is 0.389. The number of aliphatic hydroxyl groups is 1. The van der Waals surface area contributed by atoms with E-state index in [1.807, 2.05) is 66.7 Å². The number of benzene rings is 3. The molecular formula is C25H21NO3. The summed E-state index contributed by atoms with van der Waals surface area (Å²) in [6, 6.07) is 27.5. The number of carbonyl (C=O) groups is 2. The predicted octanol–water partition coefficient (Wildman–Crippen LogP) is 4.35. The van der Waals surface area contributed by atoms with Crippen LogP contribution in [-0.4, -0.2) is 28.2 Å². The highest BCUT2D eigenvalue weighted by atomic mass is 16.3. The maximum absolute atomic E-state index is 12.9. The first-order chi connectivity index (χ1) is 14.2. The Morgan fingerprint density at radius 1 is 0.793 bits per heavy atom. The zero-order chi connectivity index (χ0) is 20.2. The average Bonchev–Trinajstić information content (AvgIpc) is 3.04. The summed E-state index contributed by atoms with van der Waals surface area (Å²) in [5, 5.41) is 10.9. The van der Waals surface area contributed by atoms with Gasteiger partial charge in [0.15, 0.2) is 0 Å². The van der Waals surface area contributed by atoms with Crippen LogP contribution in [-0.2, 0) is 16.0 Å². The molecule has 1 unspecified atom stereocenters. The van der Waals surface area contributed by atoms with Gasteiger partial charge in [0, 0.05) is 12.1 Å². The SMILES string of the molecule is O=C1C(=O)N(CCc2ccccc2)C(c2ccccc2)/C1=C(\O)c1ccccc1. The summed E-state index contributed by atoms with van der Waals surface area (Å²) in [5.41, 5.74) is 2.55. The van der Waals surface area contributed by atoms with Crippen molar-refractivity contribution < 1.29 is 14.7 Å². The highest BCUT2D eigenvalue weighted by Gasteiger charge is 2.45. The van der Waals surface area contributed by atoms with Gasteiger partial charge in [-0.15, -0.1) is 0 Å². The van der Waals surface area contributed by atoms with Crippen LogP contribution in [0.2, 0.25) is 0 Å². The third kappa shape index (κ3) is 3.69. The number of rotatable bonds is 5. The first-order valence-corrected chi connectivity index (χ1v) is 9.59. The number of amides is 1. The van der Waals surface area contributed by atoms with Crippen molar-refractivity contribution in [1.82, 2.24) is 4.90 Å². The molecule has 1 aliphatic rings. The van der Waals surface area contributed by atoms with Crippen molar-refractivity contribution in [2.24, 2.45) is 0 Å². The molecule has 0 saturated carbocycles. The van der Waals surface area contributed by atoms with E-state index >= 15 is 0 Å². The molecule has 3 aromatic carbocycles. The van der Waals surface area contributed by atoms with Gasteiger partial charge in [-0.25, -0.2) is 0 Å². The molecule has 1 N–H and O–H groups in total. The minimum atomic E-state index is -0.645. The summed E-state index contributed by atoms with van der Waals surface area (Å²) >= 11 is 0. The molecule has 1 heterocycles. The van der Waals surface area contributed by atoms with Crippen LogP contribution in [0.1, 0.15) is 22.7 Å². The van der Waals surface area contributed by atoms with Gasteiger partial charge in [-0.2, -0.15) is 0 Å². The van der Waals surface area contributed by atoms with Gasteiger partial charge >= 0.3 is 0 Å². The van der Waals surface area contributed by atoms with Gasteiger partial charge in [-0.05, 0) is 17.5 Å². The molecule has 1 amide bonds. The normalized spacial score (nSPS) is 18.2. The average molecular weight is 383 g/mol. The van der Waals surface area contributed by atoms with E-state index in [0.717, 1.165) is 11.1 Å². The van der Waals surface area contributed by atoms with E-state index in [1.54, 1.807) is 29.2 Å². The number of Topliss-reactive ketones (excluding diaryl/α,β-unsaturated/α-hetero) is 1. The van der Waals surface area contributed by atoms with E-state index in [4.69, 9.17) is 0 Å². The quantitative estimate of drug-likeness (QED) is 0.405. The zero-order valence-corrected chi connectivity index (χ0v) is 15.9. The Balaban J connectivity index is 1.76. The molecule has 144 valence electrons. The second-order valence-corrected chi connectivity index (χ2v) is 7.00. The Hall–Kier alpha value is -3.66. The van der Waals surface area contributed by atoms with Gasteiger partial charge in [0.05, 0.1) is 11.6 Å². The number of hydrogen-bond acceptors (Lipinski definition) is 3. The van der Waals surface area contributed by atoms with E-state index in [0.29, 0.717) is 18.5 Å². The standard InChI is InChI=1S/C25H21NO3/c27-23(20-14-8-3-9-15-20)21-22(19-12-6-2-7-13-19)26(25(29)24(21)28)17-16-18-10-4-1-5-11-18/h1-15,22,27H,16-17H2/b23-21+. The molecule has 0 bridgehead atoms. The van der Waals surface area contributed by atoms with Crippen LogP contribution in [0.15, 0.2) is 96.6 Å². The number of hydrogen-bond donors (Lipinski definition) is 1. The summed E-state index contributed by atoms with van der Waals surface area (Å²) in [5.74, 6) is -1.36. The molecule has 3 aromatic rings. The second kappa shape index (κ2) is 8.15. The fourth-order valence-corrected chi connectivity index (χ4v) is 3.74. The zero-order valence-electron chi connectivity index (χ0n) is 15.9. The Bertz CT molecular complexity index is 1040. The highest BCUT2D eigenvalue weighted by molar-refractivity contribution is 6.46. The lowest BCUT2D eigenvalue weighted by atomic mass is 9.95. The van der Waals surface area contributed by atoms with Crippen molar-refractivity contribution in [1.29, 1.82) is 0 Å². The Morgan fingerprint density at radius 3 is 1.97 bits per heavy atom. The van der Waals surface area contributed by atoms with E-state index in [2.05, 4.69) is 0 Å². The highest BCUT2D eigenvalue weighted by Crippen LogP contribution is 2.39. The smallest absolute Gasteiger partial charge is 0.295 e. The number of carbonyl (C=O) groups excluding carboxylic acids is 2. The van der Waals surface area contributed by atoms with Crippen LogP contribution >= 0.6 is 0 Å². The maximum Gasteiger partial charge on any atom is 0.295 e. The van der Waals surface area contributed by atoms with Crippen molar-refractivity contribution >= 4 is 17.4 Å². The summed E-state index contributed by atoms with van der Waals surface area (Å²) in [4.78, 5) is 27.4. The maximum atomic E-state index is 12.9. The van der Waals surface area contributed by atoms with E-state index in [1.165, 1.54) is 0 Å². The van der Waals surface area contributed by atoms with Crippen LogP contribution in [0.25, 0.3) is 5.76 Å². The van der Waals surface area contributed by atoms with Crippen LogP contribution in [0.3, 0.4) is 0 Å². The van der Waals surface area contributed by atoms with Crippen molar-refractivity contribution in [3.63, 3.8) is 0 Å². The van der Waals surface area contributed by atoms with Gasteiger partial charge in [0.1, 0.15) is 5.76 Å². The van der Waals surface area contributed by atoms with Crippen LogP contribution in [0.5, 0.6) is 0 Å². The predicted molar refractivity (Wildman–Crippen MR) is 112 cm³/mol. The molecule has 0 spiro atoms. The molecule has 4 rings (SSSR count). The van der Waals surface area contributed by atoms with Crippen molar-refractivity contribution in [3.8, 4) is 0 Å². The minimum absolute atomic E-state index is 0.139. The summed E-state index contributed by atoms with van der Waals surface area (Å²) < 4.78 is 0. The van der Waals surface area contributed by atoms with Gasteiger partial charge in [-0.3, -0.25) is 9.59 Å². The number of nitrogens with zero attached hydrogens (tertiary/aromatic N) is 1. The molecule has 4 heteroatoms. The molecule has 1 fully saturated rings. The van der Waals surface area contributed by atoms with Crippen LogP contribution in [0, 0.1) is 0 Å². The molecule has 0 radical (unpaired) electrons. The monoisotopic (exact) mass is 383 g/mol. The molecule has 4 nitrogen and oxygen atoms in total. The van der Waals surface area contributed by atoms with Crippen LogP contribution < -0.4 is 0 Å². The molecular weight excluding hydrogens is 362 g/mol. The minimum Gasteiger partial charge on any atom is -0.507 e. The lowest BCUT2D eigenvalue weighted by molar-refractivity contribution is -0.139. The molecule has 0 aliphatic carbocycles. The second-order valence-electron chi connectivity index (χ2n) is 7.00. The van der Waals surface area contributed by atoms with Crippen LogP contribution in [0.4, 0.5) is 0 Å². The molecule has 1 aliphatic heterocycles. The Morgan fingerprint density at radius 2 is 1.34 bits per heavy atom. The van der Waals surface area contributed by atoms with E-state index < -0.39 is 17.7 Å². The summed E-state index contributed by atoms with van der Waals surface area (Å²) in [6.07, 6.45) is 0.628. The largest absolute Gasteiger partial charge is 0.507 e. The van der Waals surface area contributed by atoms with E-state index in [9.17, 15) is 14.7 Å². The van der Waals surface area contributed by atoms with Crippen molar-refractivity contribution in [2.75, 3.05) is 6.54 Å². The summed E-state index contributed by atoms with van der Waals surface area (Å²) in [7, 11) is 0. The van der Waals surface area contributed by atoms with Gasteiger partial charge in [0.2, 0.25) is 0 Å². The topological polar surface area (TPSA) is 57.6 Å². The Kier molecular flexibility index (Phi) is 5.25. The fraction of sp³-hybridized carbons (Fsp3) is 0.120. The van der Waals surface area contributed by atoms with Crippen molar-refractivity contribution in [3.05, 3.63) is 113 Å². The first kappa shape index (κ1) is 18.7. The van der Waals surface area contributed by atoms with Crippen molar-refractivity contribution in [2.45, 2.75) is 12.5 Å². The van der Waals surface area contributed by atoms with Gasteiger partial charge in [0.25, 0.3) is 11.7 Å². The molecule has 1 atom stereocenters. The fourth-order valence-electron chi connectivity index (χ4n) is 3.74. The van der Waals surface area contributed by atoms with Gasteiger partial charge < -0.3 is 10.0 Å². The lowest BCUT2D eigenvalue weighted by Crippen LogP contribution is -2.31. The molecule has 0 aromatic heterocycles. The third-order valence-electron chi connectivity index (χ3n) is 5.19. The van der Waals surface area contributed by atoms with Gasteiger partial charge in [-0.1, -0.05) is 91.0 Å². The molecule has 1 saturated heterocycles. The Labute approximate surface area is 169 Å². The first-order valence-electron chi connectivity index (χ1n) is 9.59. The number of likely N-dealkylation sites (tertiary alicyclic amines) is 1. The van der Waals surface area contributed by atoms with E-state index in [-0.39, 0.29) is 11.3 Å². The lowest BCUT2D eigenvalue weighted by Gasteiger charge is -2.25. The third-order valence-corrected chi connectivity index (χ3v) is 5.19.